The largest absolute Gasteiger partial charge is 0.481 e. The number of hydrogen-bond donors (Lipinski definition) is 2. The zero-order valence-electron chi connectivity index (χ0n) is 11.4. The van der Waals surface area contributed by atoms with E-state index in [1.54, 1.807) is 0 Å². The van der Waals surface area contributed by atoms with Crippen molar-refractivity contribution in [2.24, 2.45) is 17.1 Å². The summed E-state index contributed by atoms with van der Waals surface area (Å²) in [5, 5.41) is 9.54. The average molecular weight is 249 g/mol. The van der Waals surface area contributed by atoms with Crippen molar-refractivity contribution in [3.8, 4) is 0 Å². The smallest absolute Gasteiger partial charge is 0.311 e. The summed E-state index contributed by atoms with van der Waals surface area (Å²) in [6.07, 6.45) is 1.11. The van der Waals surface area contributed by atoms with Crippen molar-refractivity contribution in [2.75, 3.05) is 6.54 Å². The van der Waals surface area contributed by atoms with Gasteiger partial charge in [-0.2, -0.15) is 0 Å². The Balaban J connectivity index is 3.05. The number of aliphatic carboxylic acids is 1. The van der Waals surface area contributed by atoms with Gasteiger partial charge in [0.15, 0.2) is 0 Å². The molecule has 0 heterocycles. The highest BCUT2D eigenvalue weighted by molar-refractivity contribution is 5.75. The highest BCUT2D eigenvalue weighted by Crippen LogP contribution is 2.31. The van der Waals surface area contributed by atoms with Gasteiger partial charge in [0.1, 0.15) is 0 Å². The van der Waals surface area contributed by atoms with Crippen LogP contribution in [0.5, 0.6) is 0 Å². The molecule has 1 rings (SSSR count). The molecular weight excluding hydrogens is 226 g/mol. The monoisotopic (exact) mass is 249 g/mol. The molecule has 0 aliphatic carbocycles. The molecular formula is C15H23NO2. The van der Waals surface area contributed by atoms with Gasteiger partial charge in [0.05, 0.1) is 5.41 Å². The Bertz CT molecular complexity index is 415. The van der Waals surface area contributed by atoms with E-state index in [2.05, 4.69) is 0 Å². The maximum Gasteiger partial charge on any atom is 0.311 e. The first-order chi connectivity index (χ1) is 8.41. The number of carboxylic acids is 1. The molecule has 1 unspecified atom stereocenters. The maximum atomic E-state index is 11.6. The van der Waals surface area contributed by atoms with Gasteiger partial charge in [0.2, 0.25) is 0 Å². The first-order valence-electron chi connectivity index (χ1n) is 6.39. The van der Waals surface area contributed by atoms with Gasteiger partial charge in [-0.3, -0.25) is 4.79 Å². The van der Waals surface area contributed by atoms with Crippen molar-refractivity contribution < 1.29 is 9.90 Å². The Morgan fingerprint density at radius 1 is 1.39 bits per heavy atom. The van der Waals surface area contributed by atoms with E-state index < -0.39 is 11.4 Å². The SMILES string of the molecule is Cc1ccccc1CC(CN)(CC(C)C)C(=O)O. The second-order valence-corrected chi connectivity index (χ2v) is 5.49. The van der Waals surface area contributed by atoms with Crippen LogP contribution >= 0.6 is 0 Å². The van der Waals surface area contributed by atoms with Crippen LogP contribution in [0.4, 0.5) is 0 Å². The van der Waals surface area contributed by atoms with Gasteiger partial charge in [-0.05, 0) is 36.8 Å². The summed E-state index contributed by atoms with van der Waals surface area (Å²) in [7, 11) is 0. The molecule has 0 aromatic heterocycles. The minimum absolute atomic E-state index is 0.175. The molecule has 0 spiro atoms. The third kappa shape index (κ3) is 3.33. The minimum atomic E-state index is -0.847. The predicted molar refractivity (Wildman–Crippen MR) is 73.5 cm³/mol. The van der Waals surface area contributed by atoms with E-state index in [1.165, 1.54) is 0 Å². The minimum Gasteiger partial charge on any atom is -0.481 e. The fourth-order valence-corrected chi connectivity index (χ4v) is 2.43. The van der Waals surface area contributed by atoms with Gasteiger partial charge >= 0.3 is 5.97 Å². The molecule has 0 amide bonds. The number of nitrogens with two attached hydrogens (primary N) is 1. The van der Waals surface area contributed by atoms with E-state index in [0.29, 0.717) is 18.8 Å². The van der Waals surface area contributed by atoms with Crippen LogP contribution < -0.4 is 5.73 Å². The van der Waals surface area contributed by atoms with Gasteiger partial charge in [-0.1, -0.05) is 38.1 Å². The van der Waals surface area contributed by atoms with Crippen LogP contribution in [-0.4, -0.2) is 17.6 Å². The lowest BCUT2D eigenvalue weighted by molar-refractivity contribution is -0.149. The Hall–Kier alpha value is -1.35. The number of hydrogen-bond acceptors (Lipinski definition) is 2. The quantitative estimate of drug-likeness (QED) is 0.814. The highest BCUT2D eigenvalue weighted by Gasteiger charge is 2.38. The van der Waals surface area contributed by atoms with Crippen molar-refractivity contribution in [3.05, 3.63) is 35.4 Å². The van der Waals surface area contributed by atoms with Gasteiger partial charge < -0.3 is 10.8 Å². The van der Waals surface area contributed by atoms with Crippen molar-refractivity contribution in [3.63, 3.8) is 0 Å². The van der Waals surface area contributed by atoms with Crippen molar-refractivity contribution >= 4 is 5.97 Å². The summed E-state index contributed by atoms with van der Waals surface area (Å²) in [5.41, 5.74) is 7.13. The standard InChI is InChI=1S/C15H23NO2/c1-11(2)8-15(10-16,14(17)18)9-13-7-5-4-6-12(13)3/h4-7,11H,8-10,16H2,1-3H3,(H,17,18). The van der Waals surface area contributed by atoms with Crippen LogP contribution in [0.3, 0.4) is 0 Å². The lowest BCUT2D eigenvalue weighted by Crippen LogP contribution is -2.42. The summed E-state index contributed by atoms with van der Waals surface area (Å²) in [6.45, 7) is 6.25. The van der Waals surface area contributed by atoms with E-state index in [-0.39, 0.29) is 6.54 Å². The number of carboxylic acid groups (broad SMARTS) is 1. The molecule has 0 bridgehead atoms. The zero-order chi connectivity index (χ0) is 13.8. The van der Waals surface area contributed by atoms with Gasteiger partial charge in [-0.25, -0.2) is 0 Å². The second kappa shape index (κ2) is 6.01. The lowest BCUT2D eigenvalue weighted by atomic mass is 9.75. The first kappa shape index (κ1) is 14.7. The molecule has 0 fully saturated rings. The van der Waals surface area contributed by atoms with Crippen LogP contribution in [0, 0.1) is 18.3 Å². The highest BCUT2D eigenvalue weighted by atomic mass is 16.4. The van der Waals surface area contributed by atoms with Crippen LogP contribution in [0.25, 0.3) is 0 Å². The normalized spacial score (nSPS) is 14.5. The molecule has 0 radical (unpaired) electrons. The van der Waals surface area contributed by atoms with Crippen LogP contribution in [0.1, 0.15) is 31.4 Å². The average Bonchev–Trinajstić information content (AvgIpc) is 2.30. The number of benzene rings is 1. The Kier molecular flexibility index (Phi) is 4.91. The van der Waals surface area contributed by atoms with Crippen molar-refractivity contribution in [2.45, 2.75) is 33.6 Å². The zero-order valence-corrected chi connectivity index (χ0v) is 11.4. The van der Waals surface area contributed by atoms with Gasteiger partial charge in [0.25, 0.3) is 0 Å². The molecule has 18 heavy (non-hydrogen) atoms. The molecule has 3 heteroatoms. The number of rotatable bonds is 6. The molecule has 3 nitrogen and oxygen atoms in total. The molecule has 100 valence electrons. The number of aryl methyl sites for hydroxylation is 1. The van der Waals surface area contributed by atoms with Crippen LogP contribution in [0.15, 0.2) is 24.3 Å². The molecule has 0 saturated heterocycles. The third-order valence-corrected chi connectivity index (χ3v) is 3.43. The Morgan fingerprint density at radius 3 is 2.44 bits per heavy atom. The molecule has 0 aliphatic heterocycles. The summed E-state index contributed by atoms with van der Waals surface area (Å²) in [4.78, 5) is 11.6. The van der Waals surface area contributed by atoms with Crippen LogP contribution in [-0.2, 0) is 11.2 Å². The summed E-state index contributed by atoms with van der Waals surface area (Å²) < 4.78 is 0. The molecule has 3 N–H and O–H groups in total. The molecule has 0 aliphatic rings. The second-order valence-electron chi connectivity index (χ2n) is 5.49. The summed E-state index contributed by atoms with van der Waals surface area (Å²) >= 11 is 0. The molecule has 1 aromatic carbocycles. The third-order valence-electron chi connectivity index (χ3n) is 3.43. The lowest BCUT2D eigenvalue weighted by Gasteiger charge is -2.30. The van der Waals surface area contributed by atoms with Crippen LogP contribution in [0.2, 0.25) is 0 Å². The van der Waals surface area contributed by atoms with Gasteiger partial charge in [0, 0.05) is 6.54 Å². The molecule has 1 aromatic rings. The summed E-state index contributed by atoms with van der Waals surface area (Å²) in [6, 6.07) is 7.91. The summed E-state index contributed by atoms with van der Waals surface area (Å²) in [5.74, 6) is -0.476. The van der Waals surface area contributed by atoms with E-state index in [1.807, 2.05) is 45.0 Å². The van der Waals surface area contributed by atoms with E-state index in [0.717, 1.165) is 11.1 Å². The predicted octanol–water partition coefficient (Wildman–Crippen LogP) is 2.61. The maximum absolute atomic E-state index is 11.6. The molecule has 0 saturated carbocycles. The Morgan fingerprint density at radius 2 is 2.00 bits per heavy atom. The van der Waals surface area contributed by atoms with Crippen molar-refractivity contribution in [1.82, 2.24) is 0 Å². The van der Waals surface area contributed by atoms with Gasteiger partial charge in [-0.15, -0.1) is 0 Å². The fraction of sp³-hybridized carbons (Fsp3) is 0.533. The number of carbonyl (C=O) groups is 1. The van der Waals surface area contributed by atoms with E-state index in [9.17, 15) is 9.90 Å². The van der Waals surface area contributed by atoms with Crippen molar-refractivity contribution in [1.29, 1.82) is 0 Å². The fourth-order valence-electron chi connectivity index (χ4n) is 2.43. The molecule has 1 atom stereocenters. The van der Waals surface area contributed by atoms with E-state index in [4.69, 9.17) is 5.73 Å². The van der Waals surface area contributed by atoms with E-state index >= 15 is 0 Å². The topological polar surface area (TPSA) is 63.3 Å². The Labute approximate surface area is 109 Å². The first-order valence-corrected chi connectivity index (χ1v) is 6.39.